The first kappa shape index (κ1) is 14.3. The van der Waals surface area contributed by atoms with E-state index in [-0.39, 0.29) is 0 Å². The maximum atomic E-state index is 5.72. The van der Waals surface area contributed by atoms with Crippen molar-refractivity contribution in [3.63, 3.8) is 0 Å². The lowest BCUT2D eigenvalue weighted by molar-refractivity contribution is 0.306. The smallest absolute Gasteiger partial charge is 0.161 e. The number of nitrogens with one attached hydrogen (secondary N) is 1. The number of methoxy groups -OCH3 is 1. The van der Waals surface area contributed by atoms with Gasteiger partial charge in [0.15, 0.2) is 11.5 Å². The highest BCUT2D eigenvalue weighted by Gasteiger charge is 2.02. The van der Waals surface area contributed by atoms with Gasteiger partial charge in [0.2, 0.25) is 0 Å². The van der Waals surface area contributed by atoms with Crippen molar-refractivity contribution in [3.05, 3.63) is 53.6 Å². The van der Waals surface area contributed by atoms with Crippen LogP contribution < -0.4 is 14.8 Å². The topological polar surface area (TPSA) is 30.5 Å². The number of aryl methyl sites for hydroxylation is 2. The van der Waals surface area contributed by atoms with E-state index in [2.05, 4.69) is 37.4 Å². The van der Waals surface area contributed by atoms with Gasteiger partial charge in [-0.15, -0.1) is 0 Å². The second-order valence-corrected chi connectivity index (χ2v) is 4.73. The highest BCUT2D eigenvalue weighted by atomic mass is 16.5. The predicted molar refractivity (Wildman–Crippen MR) is 82.9 cm³/mol. The lowest BCUT2D eigenvalue weighted by Gasteiger charge is -2.12. The number of anilines is 1. The first-order valence-electron chi connectivity index (χ1n) is 6.77. The fourth-order valence-corrected chi connectivity index (χ4v) is 1.95. The molecule has 2 aromatic rings. The van der Waals surface area contributed by atoms with Gasteiger partial charge in [-0.1, -0.05) is 18.2 Å². The summed E-state index contributed by atoms with van der Waals surface area (Å²) in [6, 6.07) is 14.0. The molecular weight excluding hydrogens is 250 g/mol. The lowest BCUT2D eigenvalue weighted by atomic mass is 10.1. The van der Waals surface area contributed by atoms with Crippen LogP contribution in [0, 0.1) is 13.8 Å². The van der Waals surface area contributed by atoms with Crippen LogP contribution in [0.3, 0.4) is 0 Å². The molecule has 106 valence electrons. The first-order valence-corrected chi connectivity index (χ1v) is 6.77. The average Bonchev–Trinajstić information content (AvgIpc) is 2.47. The molecule has 0 radical (unpaired) electrons. The number of hydrogen-bond acceptors (Lipinski definition) is 3. The summed E-state index contributed by atoms with van der Waals surface area (Å²) in [6.45, 7) is 5.57. The van der Waals surface area contributed by atoms with Gasteiger partial charge >= 0.3 is 0 Å². The van der Waals surface area contributed by atoms with Gasteiger partial charge in [-0.05, 0) is 49.2 Å². The Labute approximate surface area is 120 Å². The van der Waals surface area contributed by atoms with Crippen LogP contribution >= 0.6 is 0 Å². The van der Waals surface area contributed by atoms with E-state index in [0.717, 1.165) is 23.7 Å². The fraction of sp³-hybridized carbons (Fsp3) is 0.294. The van der Waals surface area contributed by atoms with Gasteiger partial charge in [0.25, 0.3) is 0 Å². The molecule has 0 amide bonds. The molecule has 2 rings (SSSR count). The summed E-state index contributed by atoms with van der Waals surface area (Å²) in [5, 5.41) is 3.35. The van der Waals surface area contributed by atoms with Crippen molar-refractivity contribution in [2.24, 2.45) is 0 Å². The van der Waals surface area contributed by atoms with Gasteiger partial charge in [0, 0.05) is 12.2 Å². The Hall–Kier alpha value is -2.16. The largest absolute Gasteiger partial charge is 0.493 e. The zero-order chi connectivity index (χ0) is 14.4. The third-order valence-corrected chi connectivity index (χ3v) is 3.26. The van der Waals surface area contributed by atoms with Crippen molar-refractivity contribution < 1.29 is 9.47 Å². The molecule has 0 atom stereocenters. The molecule has 0 aliphatic rings. The molecule has 2 aromatic carbocycles. The summed E-state index contributed by atoms with van der Waals surface area (Å²) >= 11 is 0. The van der Waals surface area contributed by atoms with Gasteiger partial charge in [-0.3, -0.25) is 0 Å². The van der Waals surface area contributed by atoms with E-state index in [0.29, 0.717) is 6.61 Å². The predicted octanol–water partition coefficient (Wildman–Crippen LogP) is 3.80. The van der Waals surface area contributed by atoms with E-state index in [9.17, 15) is 0 Å². The van der Waals surface area contributed by atoms with Crippen molar-refractivity contribution in [3.8, 4) is 11.5 Å². The minimum atomic E-state index is 0.591. The highest BCUT2D eigenvalue weighted by Crippen LogP contribution is 2.25. The van der Waals surface area contributed by atoms with Gasteiger partial charge in [-0.2, -0.15) is 0 Å². The highest BCUT2D eigenvalue weighted by molar-refractivity contribution is 5.48. The molecule has 0 aliphatic heterocycles. The number of ether oxygens (including phenoxy) is 2. The van der Waals surface area contributed by atoms with E-state index in [1.165, 1.54) is 11.1 Å². The van der Waals surface area contributed by atoms with Crippen molar-refractivity contribution >= 4 is 5.69 Å². The Morgan fingerprint density at radius 1 is 0.950 bits per heavy atom. The standard InChI is InChI=1S/C17H21NO2/c1-13-8-9-15(12-14(13)2)18-10-11-20-17-7-5-4-6-16(17)19-3/h4-9,12,18H,10-11H2,1-3H3. The molecule has 3 nitrogen and oxygen atoms in total. The number of benzene rings is 2. The van der Waals surface area contributed by atoms with Crippen LogP contribution in [-0.2, 0) is 0 Å². The molecule has 1 N–H and O–H groups in total. The Bertz CT molecular complexity index is 567. The number of rotatable bonds is 6. The van der Waals surface area contributed by atoms with E-state index >= 15 is 0 Å². The Kier molecular flexibility index (Phi) is 4.88. The summed E-state index contributed by atoms with van der Waals surface area (Å²) in [5.74, 6) is 1.54. The summed E-state index contributed by atoms with van der Waals surface area (Å²) in [5.41, 5.74) is 3.72. The van der Waals surface area contributed by atoms with Crippen LogP contribution in [0.15, 0.2) is 42.5 Å². The van der Waals surface area contributed by atoms with E-state index in [1.54, 1.807) is 7.11 Å². The molecule has 0 spiro atoms. The van der Waals surface area contributed by atoms with Crippen LogP contribution in [0.25, 0.3) is 0 Å². The van der Waals surface area contributed by atoms with E-state index in [4.69, 9.17) is 9.47 Å². The minimum absolute atomic E-state index is 0.591. The molecule has 0 aliphatic carbocycles. The van der Waals surface area contributed by atoms with Crippen LogP contribution in [0.4, 0.5) is 5.69 Å². The van der Waals surface area contributed by atoms with Crippen molar-refractivity contribution in [2.75, 3.05) is 25.6 Å². The first-order chi connectivity index (χ1) is 9.70. The Morgan fingerprint density at radius 2 is 1.70 bits per heavy atom. The van der Waals surface area contributed by atoms with E-state index in [1.807, 2.05) is 24.3 Å². The summed E-state index contributed by atoms with van der Waals surface area (Å²) in [4.78, 5) is 0. The minimum Gasteiger partial charge on any atom is -0.493 e. The van der Waals surface area contributed by atoms with Crippen molar-refractivity contribution in [1.82, 2.24) is 0 Å². The molecule has 0 unspecified atom stereocenters. The maximum absolute atomic E-state index is 5.72. The molecule has 0 saturated carbocycles. The second kappa shape index (κ2) is 6.85. The Morgan fingerprint density at radius 3 is 2.40 bits per heavy atom. The molecule has 0 bridgehead atoms. The molecule has 0 saturated heterocycles. The van der Waals surface area contributed by atoms with Crippen molar-refractivity contribution in [1.29, 1.82) is 0 Å². The maximum Gasteiger partial charge on any atom is 0.161 e. The summed E-state index contributed by atoms with van der Waals surface area (Å²) in [6.07, 6.45) is 0. The molecule has 0 fully saturated rings. The second-order valence-electron chi connectivity index (χ2n) is 4.73. The third kappa shape index (κ3) is 3.67. The zero-order valence-electron chi connectivity index (χ0n) is 12.3. The fourth-order valence-electron chi connectivity index (χ4n) is 1.95. The molecule has 0 aromatic heterocycles. The molecule has 3 heteroatoms. The van der Waals surface area contributed by atoms with Crippen LogP contribution in [0.1, 0.15) is 11.1 Å². The monoisotopic (exact) mass is 271 g/mol. The van der Waals surface area contributed by atoms with Crippen molar-refractivity contribution in [2.45, 2.75) is 13.8 Å². The van der Waals surface area contributed by atoms with Crippen LogP contribution in [0.5, 0.6) is 11.5 Å². The molecule has 0 heterocycles. The summed E-state index contributed by atoms with van der Waals surface area (Å²) < 4.78 is 11.0. The van der Waals surface area contributed by atoms with Crippen LogP contribution in [0.2, 0.25) is 0 Å². The number of para-hydroxylation sites is 2. The lowest BCUT2D eigenvalue weighted by Crippen LogP contribution is -2.12. The number of hydrogen-bond donors (Lipinski definition) is 1. The SMILES string of the molecule is COc1ccccc1OCCNc1ccc(C)c(C)c1. The van der Waals surface area contributed by atoms with Gasteiger partial charge in [0.05, 0.1) is 7.11 Å². The third-order valence-electron chi connectivity index (χ3n) is 3.26. The van der Waals surface area contributed by atoms with Crippen LogP contribution in [-0.4, -0.2) is 20.3 Å². The van der Waals surface area contributed by atoms with Gasteiger partial charge in [0.1, 0.15) is 6.61 Å². The normalized spacial score (nSPS) is 10.2. The van der Waals surface area contributed by atoms with Gasteiger partial charge in [-0.25, -0.2) is 0 Å². The molecule has 20 heavy (non-hydrogen) atoms. The molecular formula is C17H21NO2. The quantitative estimate of drug-likeness (QED) is 0.811. The summed E-state index contributed by atoms with van der Waals surface area (Å²) in [7, 11) is 1.65. The zero-order valence-corrected chi connectivity index (χ0v) is 12.3. The Balaban J connectivity index is 1.83. The van der Waals surface area contributed by atoms with Gasteiger partial charge < -0.3 is 14.8 Å². The van der Waals surface area contributed by atoms with E-state index < -0.39 is 0 Å². The average molecular weight is 271 g/mol.